The number of hydrogen-bond acceptors (Lipinski definition) is 4. The standard InChI is InChI=1S/C14H21BN2O2/c1-13(2)14(3,4)19-15(18-13)11-6-5-9-16-12(11)17-10-7-8-10/h5-6,9-10H,7-8H2,1-4H3,(H,16,17). The van der Waals surface area contributed by atoms with Crippen molar-refractivity contribution in [2.75, 3.05) is 5.32 Å². The van der Waals surface area contributed by atoms with Crippen LogP contribution in [0.15, 0.2) is 18.3 Å². The van der Waals surface area contributed by atoms with E-state index in [4.69, 9.17) is 9.31 Å². The van der Waals surface area contributed by atoms with Crippen LogP contribution in [0.4, 0.5) is 5.82 Å². The van der Waals surface area contributed by atoms with Crippen molar-refractivity contribution < 1.29 is 9.31 Å². The highest BCUT2D eigenvalue weighted by Gasteiger charge is 2.52. The Balaban J connectivity index is 1.86. The average molecular weight is 260 g/mol. The Morgan fingerprint density at radius 2 is 1.84 bits per heavy atom. The Labute approximate surface area is 115 Å². The first kappa shape index (κ1) is 12.9. The summed E-state index contributed by atoms with van der Waals surface area (Å²) in [6.07, 6.45) is 4.25. The molecule has 0 unspecified atom stereocenters. The van der Waals surface area contributed by atoms with E-state index >= 15 is 0 Å². The molecule has 1 aromatic heterocycles. The highest BCUT2D eigenvalue weighted by Crippen LogP contribution is 2.37. The molecule has 0 bridgehead atoms. The van der Waals surface area contributed by atoms with Gasteiger partial charge in [0.25, 0.3) is 0 Å². The van der Waals surface area contributed by atoms with Gasteiger partial charge in [-0.05, 0) is 46.6 Å². The molecule has 1 N–H and O–H groups in total. The van der Waals surface area contributed by atoms with Crippen LogP contribution in [0.3, 0.4) is 0 Å². The topological polar surface area (TPSA) is 43.4 Å². The lowest BCUT2D eigenvalue weighted by molar-refractivity contribution is 0.00578. The van der Waals surface area contributed by atoms with Crippen molar-refractivity contribution in [1.82, 2.24) is 4.98 Å². The molecule has 0 aromatic carbocycles. The Bertz CT molecular complexity index is 470. The van der Waals surface area contributed by atoms with Gasteiger partial charge in [0.05, 0.1) is 11.2 Å². The largest absolute Gasteiger partial charge is 0.498 e. The highest BCUT2D eigenvalue weighted by atomic mass is 16.7. The van der Waals surface area contributed by atoms with E-state index in [1.54, 1.807) is 6.20 Å². The van der Waals surface area contributed by atoms with E-state index in [9.17, 15) is 0 Å². The van der Waals surface area contributed by atoms with Crippen LogP contribution in [-0.2, 0) is 9.31 Å². The SMILES string of the molecule is CC1(C)OB(c2cccnc2NC2CC2)OC1(C)C. The molecule has 4 nitrogen and oxygen atoms in total. The summed E-state index contributed by atoms with van der Waals surface area (Å²) < 4.78 is 12.2. The second kappa shape index (κ2) is 4.22. The van der Waals surface area contributed by atoms with E-state index in [0.717, 1.165) is 11.3 Å². The number of rotatable bonds is 3. The fraction of sp³-hybridized carbons (Fsp3) is 0.643. The number of nitrogens with zero attached hydrogens (tertiary/aromatic N) is 1. The van der Waals surface area contributed by atoms with E-state index in [1.807, 2.05) is 12.1 Å². The van der Waals surface area contributed by atoms with E-state index in [0.29, 0.717) is 6.04 Å². The maximum absolute atomic E-state index is 6.09. The fourth-order valence-corrected chi connectivity index (χ4v) is 2.12. The molecule has 3 rings (SSSR count). The molecule has 1 saturated carbocycles. The first-order valence-electron chi connectivity index (χ1n) is 6.96. The average Bonchev–Trinajstić information content (AvgIpc) is 3.08. The van der Waals surface area contributed by atoms with Crippen LogP contribution in [0.5, 0.6) is 0 Å². The summed E-state index contributed by atoms with van der Waals surface area (Å²) in [5, 5.41) is 3.44. The molecule has 5 heteroatoms. The molecule has 2 fully saturated rings. The van der Waals surface area contributed by atoms with E-state index in [1.165, 1.54) is 12.8 Å². The fourth-order valence-electron chi connectivity index (χ4n) is 2.12. The van der Waals surface area contributed by atoms with Crippen LogP contribution in [0.25, 0.3) is 0 Å². The number of hydrogen-bond donors (Lipinski definition) is 1. The minimum absolute atomic E-state index is 0.315. The summed E-state index contributed by atoms with van der Waals surface area (Å²) in [6, 6.07) is 4.52. The van der Waals surface area contributed by atoms with Gasteiger partial charge in [0, 0.05) is 17.7 Å². The number of nitrogens with one attached hydrogen (secondary N) is 1. The summed E-state index contributed by atoms with van der Waals surface area (Å²) in [5.41, 5.74) is 0.363. The van der Waals surface area contributed by atoms with Crippen molar-refractivity contribution in [3.8, 4) is 0 Å². The monoisotopic (exact) mass is 260 g/mol. The number of pyridine rings is 1. The second-order valence-corrected chi connectivity index (χ2v) is 6.45. The molecular weight excluding hydrogens is 239 g/mol. The molecule has 0 amide bonds. The van der Waals surface area contributed by atoms with Gasteiger partial charge in [-0.1, -0.05) is 6.07 Å². The minimum Gasteiger partial charge on any atom is -0.399 e. The van der Waals surface area contributed by atoms with Gasteiger partial charge in [-0.25, -0.2) is 4.98 Å². The third-order valence-electron chi connectivity index (χ3n) is 4.26. The predicted molar refractivity (Wildman–Crippen MR) is 76.6 cm³/mol. The van der Waals surface area contributed by atoms with E-state index in [2.05, 4.69) is 38.0 Å². The molecule has 102 valence electrons. The molecule has 2 aliphatic rings. The maximum Gasteiger partial charge on any atom is 0.498 e. The lowest BCUT2D eigenvalue weighted by atomic mass is 9.79. The summed E-state index contributed by atoms with van der Waals surface area (Å²) in [6.45, 7) is 8.27. The van der Waals surface area contributed by atoms with Crippen molar-refractivity contribution in [2.45, 2.75) is 57.8 Å². The van der Waals surface area contributed by atoms with Crippen molar-refractivity contribution in [1.29, 1.82) is 0 Å². The molecule has 1 aliphatic heterocycles. The quantitative estimate of drug-likeness (QED) is 0.843. The maximum atomic E-state index is 6.09. The van der Waals surface area contributed by atoms with E-state index in [-0.39, 0.29) is 18.3 Å². The van der Waals surface area contributed by atoms with Gasteiger partial charge in [-0.3, -0.25) is 0 Å². The Kier molecular flexibility index (Phi) is 2.87. The number of anilines is 1. The molecule has 1 aromatic rings. The van der Waals surface area contributed by atoms with Gasteiger partial charge in [0.15, 0.2) is 0 Å². The van der Waals surface area contributed by atoms with Crippen LogP contribution in [0.1, 0.15) is 40.5 Å². The van der Waals surface area contributed by atoms with Crippen LogP contribution in [-0.4, -0.2) is 29.3 Å². The zero-order valence-electron chi connectivity index (χ0n) is 12.1. The van der Waals surface area contributed by atoms with Crippen LogP contribution in [0, 0.1) is 0 Å². The highest BCUT2D eigenvalue weighted by molar-refractivity contribution is 6.63. The van der Waals surface area contributed by atoms with Crippen LogP contribution in [0.2, 0.25) is 0 Å². The Morgan fingerprint density at radius 1 is 1.21 bits per heavy atom. The molecule has 1 aliphatic carbocycles. The number of aromatic nitrogens is 1. The molecule has 0 atom stereocenters. The first-order valence-corrected chi connectivity index (χ1v) is 6.96. The third-order valence-corrected chi connectivity index (χ3v) is 4.26. The molecule has 0 radical (unpaired) electrons. The molecule has 0 spiro atoms. The van der Waals surface area contributed by atoms with Crippen molar-refractivity contribution in [3.05, 3.63) is 18.3 Å². The summed E-state index contributed by atoms with van der Waals surface area (Å²) >= 11 is 0. The molecule has 19 heavy (non-hydrogen) atoms. The summed E-state index contributed by atoms with van der Waals surface area (Å²) in [7, 11) is -0.347. The van der Waals surface area contributed by atoms with Gasteiger partial charge >= 0.3 is 7.12 Å². The summed E-state index contributed by atoms with van der Waals surface area (Å²) in [4.78, 5) is 4.43. The smallest absolute Gasteiger partial charge is 0.399 e. The Hall–Kier alpha value is -1.07. The van der Waals surface area contributed by atoms with Crippen LogP contribution < -0.4 is 10.8 Å². The summed E-state index contributed by atoms with van der Waals surface area (Å²) in [5.74, 6) is 0.892. The van der Waals surface area contributed by atoms with Gasteiger partial charge < -0.3 is 14.6 Å². The van der Waals surface area contributed by atoms with E-state index < -0.39 is 0 Å². The van der Waals surface area contributed by atoms with Gasteiger partial charge in [-0.2, -0.15) is 0 Å². The predicted octanol–water partition coefficient (Wildman–Crippen LogP) is 1.96. The third kappa shape index (κ3) is 2.37. The van der Waals surface area contributed by atoms with Crippen molar-refractivity contribution >= 4 is 18.4 Å². The lowest BCUT2D eigenvalue weighted by Crippen LogP contribution is -2.41. The van der Waals surface area contributed by atoms with Gasteiger partial charge in [0.1, 0.15) is 5.82 Å². The second-order valence-electron chi connectivity index (χ2n) is 6.45. The van der Waals surface area contributed by atoms with Gasteiger partial charge in [0.2, 0.25) is 0 Å². The molecular formula is C14H21BN2O2. The van der Waals surface area contributed by atoms with Crippen molar-refractivity contribution in [3.63, 3.8) is 0 Å². The normalized spacial score (nSPS) is 24.5. The lowest BCUT2D eigenvalue weighted by Gasteiger charge is -2.32. The molecule has 2 heterocycles. The zero-order valence-corrected chi connectivity index (χ0v) is 12.1. The molecule has 1 saturated heterocycles. The zero-order chi connectivity index (χ0) is 13.7. The van der Waals surface area contributed by atoms with Crippen LogP contribution >= 0.6 is 0 Å². The van der Waals surface area contributed by atoms with Gasteiger partial charge in [-0.15, -0.1) is 0 Å². The minimum atomic E-state index is -0.347. The van der Waals surface area contributed by atoms with Crippen molar-refractivity contribution in [2.24, 2.45) is 0 Å². The Morgan fingerprint density at radius 3 is 2.42 bits per heavy atom. The first-order chi connectivity index (χ1) is 8.89.